The van der Waals surface area contributed by atoms with Crippen LogP contribution in [-0.4, -0.2) is 35.6 Å². The maximum Gasteiger partial charge on any atom is 0.277 e. The van der Waals surface area contributed by atoms with E-state index in [2.05, 4.69) is 15.6 Å². The smallest absolute Gasteiger partial charge is 0.277 e. The maximum absolute atomic E-state index is 14.1. The number of nitrogens with zero attached hydrogens (tertiary/aromatic N) is 3. The zero-order chi connectivity index (χ0) is 23.0. The van der Waals surface area contributed by atoms with Gasteiger partial charge in [0.05, 0.1) is 30.9 Å². The van der Waals surface area contributed by atoms with Crippen molar-refractivity contribution in [3.63, 3.8) is 0 Å². The summed E-state index contributed by atoms with van der Waals surface area (Å²) in [5.41, 5.74) is 5.14. The number of carbonyl (C=O) groups excluding carboxylic acids is 1. The van der Waals surface area contributed by atoms with Crippen molar-refractivity contribution in [2.24, 2.45) is 5.10 Å². The summed E-state index contributed by atoms with van der Waals surface area (Å²) in [6.07, 6.45) is 3.14. The summed E-state index contributed by atoms with van der Waals surface area (Å²) in [7, 11) is 1.59. The van der Waals surface area contributed by atoms with Crippen LogP contribution in [0.4, 0.5) is 4.39 Å². The molecule has 0 radical (unpaired) electrons. The Kier molecular flexibility index (Phi) is 6.75. The molecule has 4 rings (SSSR count). The fourth-order valence-electron chi connectivity index (χ4n) is 3.15. The molecule has 0 aliphatic rings. The van der Waals surface area contributed by atoms with E-state index >= 15 is 0 Å². The maximum atomic E-state index is 14.1. The van der Waals surface area contributed by atoms with Crippen LogP contribution in [0.1, 0.15) is 5.56 Å². The molecule has 0 bridgehead atoms. The Hall–Kier alpha value is -4.46. The van der Waals surface area contributed by atoms with Crippen molar-refractivity contribution in [2.75, 3.05) is 13.7 Å². The van der Waals surface area contributed by atoms with Gasteiger partial charge in [0.2, 0.25) is 0 Å². The molecule has 1 aromatic heterocycles. The van der Waals surface area contributed by atoms with Crippen molar-refractivity contribution >= 4 is 12.1 Å². The SMILES string of the molecule is COc1ccc(/C=N/NC(=O)COc2ccc(F)cc2-c2ccnn2-c2ccccc2)cc1. The van der Waals surface area contributed by atoms with Gasteiger partial charge in [0, 0.05) is 5.56 Å². The average Bonchev–Trinajstić information content (AvgIpc) is 3.34. The fourth-order valence-corrected chi connectivity index (χ4v) is 3.15. The van der Waals surface area contributed by atoms with E-state index in [9.17, 15) is 9.18 Å². The number of nitrogens with one attached hydrogen (secondary N) is 1. The van der Waals surface area contributed by atoms with Crippen molar-refractivity contribution < 1.29 is 18.7 Å². The van der Waals surface area contributed by atoms with E-state index < -0.39 is 11.7 Å². The van der Waals surface area contributed by atoms with Gasteiger partial charge >= 0.3 is 0 Å². The number of halogens is 1. The second kappa shape index (κ2) is 10.2. The molecule has 1 amide bonds. The molecule has 1 N–H and O–H groups in total. The number of hydrogen-bond donors (Lipinski definition) is 1. The third kappa shape index (κ3) is 5.43. The Morgan fingerprint density at radius 1 is 1.09 bits per heavy atom. The van der Waals surface area contributed by atoms with Gasteiger partial charge < -0.3 is 9.47 Å². The Morgan fingerprint density at radius 2 is 1.88 bits per heavy atom. The number of para-hydroxylation sites is 1. The van der Waals surface area contributed by atoms with Crippen molar-refractivity contribution in [1.29, 1.82) is 0 Å². The molecule has 0 aliphatic carbocycles. The van der Waals surface area contributed by atoms with Gasteiger partial charge in [-0.1, -0.05) is 18.2 Å². The van der Waals surface area contributed by atoms with Crippen LogP contribution in [0, 0.1) is 5.82 Å². The highest BCUT2D eigenvalue weighted by molar-refractivity contribution is 5.83. The van der Waals surface area contributed by atoms with Crippen molar-refractivity contribution in [3.05, 3.63) is 96.4 Å². The van der Waals surface area contributed by atoms with Crippen LogP contribution in [-0.2, 0) is 4.79 Å². The summed E-state index contributed by atoms with van der Waals surface area (Å²) in [4.78, 5) is 12.2. The third-order valence-electron chi connectivity index (χ3n) is 4.74. The first kappa shape index (κ1) is 21.8. The number of aromatic nitrogens is 2. The van der Waals surface area contributed by atoms with Crippen molar-refractivity contribution in [1.82, 2.24) is 15.2 Å². The Balaban J connectivity index is 1.45. The molecule has 0 saturated heterocycles. The monoisotopic (exact) mass is 444 g/mol. The topological polar surface area (TPSA) is 77.7 Å². The van der Waals surface area contributed by atoms with Crippen molar-refractivity contribution in [2.45, 2.75) is 0 Å². The Morgan fingerprint density at radius 3 is 2.64 bits per heavy atom. The molecule has 0 aliphatic heterocycles. The van der Waals surface area contributed by atoms with Gasteiger partial charge in [-0.15, -0.1) is 0 Å². The summed E-state index contributed by atoms with van der Waals surface area (Å²) in [6, 6.07) is 22.6. The molecular formula is C25H21FN4O3. The van der Waals surface area contributed by atoms with E-state index in [1.165, 1.54) is 24.4 Å². The first-order valence-corrected chi connectivity index (χ1v) is 10.1. The van der Waals surface area contributed by atoms with E-state index in [-0.39, 0.29) is 6.61 Å². The fraction of sp³-hybridized carbons (Fsp3) is 0.0800. The van der Waals surface area contributed by atoms with Crippen LogP contribution in [0.2, 0.25) is 0 Å². The first-order valence-electron chi connectivity index (χ1n) is 10.1. The largest absolute Gasteiger partial charge is 0.497 e. The van der Waals surface area contributed by atoms with Crippen LogP contribution in [0.3, 0.4) is 0 Å². The van der Waals surface area contributed by atoms with E-state index in [1.807, 2.05) is 42.5 Å². The summed E-state index contributed by atoms with van der Waals surface area (Å²) in [5, 5.41) is 8.27. The van der Waals surface area contributed by atoms with Crippen LogP contribution in [0.15, 0.2) is 90.2 Å². The summed E-state index contributed by atoms with van der Waals surface area (Å²) in [5.74, 6) is 0.204. The second-order valence-corrected chi connectivity index (χ2v) is 6.96. The van der Waals surface area contributed by atoms with E-state index in [4.69, 9.17) is 9.47 Å². The second-order valence-electron chi connectivity index (χ2n) is 6.96. The molecule has 0 spiro atoms. The predicted molar refractivity (Wildman–Crippen MR) is 123 cm³/mol. The lowest BCUT2D eigenvalue weighted by Gasteiger charge is -2.13. The molecule has 166 valence electrons. The highest BCUT2D eigenvalue weighted by Gasteiger charge is 2.15. The number of hydrazone groups is 1. The lowest BCUT2D eigenvalue weighted by molar-refractivity contribution is -0.123. The molecule has 0 fully saturated rings. The van der Waals surface area contributed by atoms with E-state index in [0.29, 0.717) is 17.0 Å². The zero-order valence-corrected chi connectivity index (χ0v) is 17.8. The summed E-state index contributed by atoms with van der Waals surface area (Å²) in [6.45, 7) is -0.294. The number of methoxy groups -OCH3 is 1. The average molecular weight is 444 g/mol. The van der Waals surface area contributed by atoms with Gasteiger partial charge in [-0.3, -0.25) is 4.79 Å². The van der Waals surface area contributed by atoms with Gasteiger partial charge in [0.15, 0.2) is 6.61 Å². The number of ether oxygens (including phenoxy) is 2. The molecule has 0 unspecified atom stereocenters. The number of amides is 1. The molecular weight excluding hydrogens is 423 g/mol. The van der Waals surface area contributed by atoms with E-state index in [1.54, 1.807) is 36.2 Å². The molecule has 4 aromatic rings. The lowest BCUT2D eigenvalue weighted by Crippen LogP contribution is -2.24. The number of benzene rings is 3. The van der Waals surface area contributed by atoms with Crippen LogP contribution < -0.4 is 14.9 Å². The molecule has 7 nitrogen and oxygen atoms in total. The van der Waals surface area contributed by atoms with Crippen LogP contribution in [0.5, 0.6) is 11.5 Å². The Labute approximate surface area is 190 Å². The molecule has 0 atom stereocenters. The quantitative estimate of drug-likeness (QED) is 0.326. The number of carbonyl (C=O) groups is 1. The minimum atomic E-state index is -0.452. The number of rotatable bonds is 8. The van der Waals surface area contributed by atoms with Gasteiger partial charge in [-0.25, -0.2) is 14.5 Å². The summed E-state index contributed by atoms with van der Waals surface area (Å²) >= 11 is 0. The highest BCUT2D eigenvalue weighted by atomic mass is 19.1. The molecule has 1 heterocycles. The van der Waals surface area contributed by atoms with Gasteiger partial charge in [-0.2, -0.15) is 10.2 Å². The number of hydrogen-bond acceptors (Lipinski definition) is 5. The predicted octanol–water partition coefficient (Wildman–Crippen LogP) is 4.22. The normalized spacial score (nSPS) is 10.8. The minimum Gasteiger partial charge on any atom is -0.497 e. The highest BCUT2D eigenvalue weighted by Crippen LogP contribution is 2.32. The molecule has 0 saturated carbocycles. The standard InChI is InChI=1S/C25H21FN4O3/c1-32-21-10-7-18(8-11-21)16-27-29-25(31)17-33-24-12-9-19(26)15-22(24)23-13-14-28-30(23)20-5-3-2-4-6-20/h2-16H,17H2,1H3,(H,29,31)/b27-16+. The molecule has 8 heteroatoms. The summed E-state index contributed by atoms with van der Waals surface area (Å²) < 4.78 is 26.5. The Bertz CT molecular complexity index is 1250. The first-order chi connectivity index (χ1) is 16.1. The van der Waals surface area contributed by atoms with Crippen molar-refractivity contribution in [3.8, 4) is 28.4 Å². The third-order valence-corrected chi connectivity index (χ3v) is 4.74. The van der Waals surface area contributed by atoms with Gasteiger partial charge in [0.1, 0.15) is 17.3 Å². The minimum absolute atomic E-state index is 0.294. The molecule has 33 heavy (non-hydrogen) atoms. The van der Waals surface area contributed by atoms with Gasteiger partial charge in [-0.05, 0) is 66.2 Å². The lowest BCUT2D eigenvalue weighted by atomic mass is 10.1. The molecule has 3 aromatic carbocycles. The zero-order valence-electron chi connectivity index (χ0n) is 17.8. The van der Waals surface area contributed by atoms with E-state index in [0.717, 1.165) is 17.0 Å². The van der Waals surface area contributed by atoms with Crippen LogP contribution in [0.25, 0.3) is 16.9 Å². The van der Waals surface area contributed by atoms with Crippen LogP contribution >= 0.6 is 0 Å². The van der Waals surface area contributed by atoms with Gasteiger partial charge in [0.25, 0.3) is 5.91 Å².